The quantitative estimate of drug-likeness (QED) is 0.896. The van der Waals surface area contributed by atoms with Crippen LogP contribution >= 0.6 is 11.8 Å². The first-order chi connectivity index (χ1) is 9.49. The summed E-state index contributed by atoms with van der Waals surface area (Å²) >= 11 is 1.41. The van der Waals surface area contributed by atoms with Crippen LogP contribution in [0, 0.1) is 5.82 Å². The average Bonchev–Trinajstić information content (AvgIpc) is 2.88. The van der Waals surface area contributed by atoms with Crippen molar-refractivity contribution < 1.29 is 19.1 Å². The van der Waals surface area contributed by atoms with Gasteiger partial charge in [-0.2, -0.15) is 0 Å². The molecule has 20 heavy (non-hydrogen) atoms. The summed E-state index contributed by atoms with van der Waals surface area (Å²) in [7, 11) is 0. The van der Waals surface area contributed by atoms with E-state index in [1.54, 1.807) is 19.1 Å². The number of hydrogen-bond donors (Lipinski definition) is 2. The molecule has 1 aliphatic rings. The lowest BCUT2D eigenvalue weighted by Crippen LogP contribution is -2.47. The Balaban J connectivity index is 2.00. The molecule has 0 aromatic heterocycles. The van der Waals surface area contributed by atoms with Gasteiger partial charge in [-0.3, -0.25) is 0 Å². The van der Waals surface area contributed by atoms with Crippen LogP contribution in [0.2, 0.25) is 0 Å². The zero-order valence-electron chi connectivity index (χ0n) is 10.9. The van der Waals surface area contributed by atoms with Crippen molar-refractivity contribution in [2.45, 2.75) is 19.0 Å². The summed E-state index contributed by atoms with van der Waals surface area (Å²) in [6.07, 6.45) is 0. The van der Waals surface area contributed by atoms with Crippen LogP contribution < -0.4 is 5.32 Å². The summed E-state index contributed by atoms with van der Waals surface area (Å²) in [5.74, 6) is -0.583. The van der Waals surface area contributed by atoms with E-state index in [0.29, 0.717) is 11.6 Å². The van der Waals surface area contributed by atoms with Crippen LogP contribution in [0.1, 0.15) is 18.5 Å². The largest absolute Gasteiger partial charge is 0.480 e. The van der Waals surface area contributed by atoms with Gasteiger partial charge in [0.05, 0.1) is 11.9 Å². The Bertz CT molecular complexity index is 509. The van der Waals surface area contributed by atoms with Gasteiger partial charge < -0.3 is 15.3 Å². The molecule has 5 nitrogen and oxygen atoms in total. The zero-order chi connectivity index (χ0) is 14.7. The monoisotopic (exact) mass is 298 g/mol. The van der Waals surface area contributed by atoms with E-state index in [0.717, 1.165) is 5.56 Å². The number of rotatable bonds is 3. The van der Waals surface area contributed by atoms with Crippen LogP contribution in [0.15, 0.2) is 24.3 Å². The first-order valence-corrected chi connectivity index (χ1v) is 7.27. The number of aliphatic carboxylic acids is 1. The number of hydrogen-bond acceptors (Lipinski definition) is 3. The van der Waals surface area contributed by atoms with Gasteiger partial charge in [0.15, 0.2) is 0 Å². The number of halogens is 1. The number of thioether (sulfide) groups is 1. The fourth-order valence-electron chi connectivity index (χ4n) is 1.95. The van der Waals surface area contributed by atoms with Gasteiger partial charge in [0.25, 0.3) is 0 Å². The van der Waals surface area contributed by atoms with Crippen LogP contribution in [-0.2, 0) is 4.79 Å². The van der Waals surface area contributed by atoms with Gasteiger partial charge >= 0.3 is 12.0 Å². The number of urea groups is 1. The normalized spacial score (nSPS) is 19.7. The summed E-state index contributed by atoms with van der Waals surface area (Å²) < 4.78 is 12.8. The molecule has 0 spiro atoms. The highest BCUT2D eigenvalue weighted by Gasteiger charge is 2.34. The molecule has 2 atom stereocenters. The third-order valence-corrected chi connectivity index (χ3v) is 4.15. The van der Waals surface area contributed by atoms with Crippen molar-refractivity contribution >= 4 is 23.8 Å². The fourth-order valence-corrected chi connectivity index (χ4v) is 3.10. The lowest BCUT2D eigenvalue weighted by Gasteiger charge is -2.23. The molecule has 0 bridgehead atoms. The molecular weight excluding hydrogens is 283 g/mol. The molecule has 1 saturated heterocycles. The van der Waals surface area contributed by atoms with E-state index in [9.17, 15) is 14.0 Å². The van der Waals surface area contributed by atoms with Gasteiger partial charge in [-0.05, 0) is 24.6 Å². The molecule has 1 fully saturated rings. The van der Waals surface area contributed by atoms with Crippen LogP contribution in [0.25, 0.3) is 0 Å². The van der Waals surface area contributed by atoms with Crippen molar-refractivity contribution in [3.63, 3.8) is 0 Å². The smallest absolute Gasteiger partial charge is 0.327 e. The highest BCUT2D eigenvalue weighted by Crippen LogP contribution is 2.22. The van der Waals surface area contributed by atoms with E-state index < -0.39 is 18.0 Å². The second kappa shape index (κ2) is 6.13. The van der Waals surface area contributed by atoms with E-state index in [1.807, 2.05) is 0 Å². The van der Waals surface area contributed by atoms with Crippen molar-refractivity contribution in [1.82, 2.24) is 10.2 Å². The van der Waals surface area contributed by atoms with Crippen LogP contribution in [0.5, 0.6) is 0 Å². The molecule has 1 aromatic rings. The predicted molar refractivity (Wildman–Crippen MR) is 73.9 cm³/mol. The van der Waals surface area contributed by atoms with Crippen LogP contribution in [0.4, 0.5) is 9.18 Å². The summed E-state index contributed by atoms with van der Waals surface area (Å²) in [5.41, 5.74) is 0.762. The molecule has 1 unspecified atom stereocenters. The average molecular weight is 298 g/mol. The van der Waals surface area contributed by atoms with Crippen molar-refractivity contribution in [3.05, 3.63) is 35.6 Å². The minimum Gasteiger partial charge on any atom is -0.480 e. The molecule has 0 aliphatic carbocycles. The number of carboxylic acids is 1. The maximum atomic E-state index is 12.8. The number of nitrogens with one attached hydrogen (secondary N) is 1. The molecule has 7 heteroatoms. The van der Waals surface area contributed by atoms with Crippen molar-refractivity contribution in [2.75, 3.05) is 11.6 Å². The minimum absolute atomic E-state index is 0.317. The highest BCUT2D eigenvalue weighted by atomic mass is 32.2. The van der Waals surface area contributed by atoms with E-state index in [1.165, 1.54) is 28.8 Å². The van der Waals surface area contributed by atoms with Crippen LogP contribution in [-0.4, -0.2) is 39.7 Å². The number of nitrogens with zero attached hydrogens (tertiary/aromatic N) is 1. The summed E-state index contributed by atoms with van der Waals surface area (Å²) in [4.78, 5) is 24.4. The zero-order valence-corrected chi connectivity index (χ0v) is 11.7. The Morgan fingerprint density at radius 1 is 1.45 bits per heavy atom. The number of benzene rings is 1. The lowest BCUT2D eigenvalue weighted by atomic mass is 10.1. The lowest BCUT2D eigenvalue weighted by molar-refractivity contribution is -0.140. The van der Waals surface area contributed by atoms with Gasteiger partial charge in [-0.1, -0.05) is 12.1 Å². The van der Waals surface area contributed by atoms with E-state index in [4.69, 9.17) is 5.11 Å². The molecule has 1 heterocycles. The first-order valence-electron chi connectivity index (χ1n) is 6.12. The second-order valence-corrected chi connectivity index (χ2v) is 5.55. The Kier molecular flexibility index (Phi) is 4.49. The summed E-state index contributed by atoms with van der Waals surface area (Å²) in [6.45, 7) is 1.77. The van der Waals surface area contributed by atoms with Gasteiger partial charge in [-0.15, -0.1) is 11.8 Å². The Morgan fingerprint density at radius 2 is 2.10 bits per heavy atom. The minimum atomic E-state index is -1.00. The molecule has 1 aromatic carbocycles. The van der Waals surface area contributed by atoms with Gasteiger partial charge in [0.1, 0.15) is 11.9 Å². The van der Waals surface area contributed by atoms with Crippen molar-refractivity contribution in [1.29, 1.82) is 0 Å². The number of carbonyl (C=O) groups excluding carboxylic acids is 1. The molecule has 1 aliphatic heterocycles. The van der Waals surface area contributed by atoms with E-state index in [2.05, 4.69) is 5.32 Å². The molecule has 0 radical (unpaired) electrons. The van der Waals surface area contributed by atoms with Gasteiger partial charge in [0.2, 0.25) is 0 Å². The maximum Gasteiger partial charge on any atom is 0.327 e. The van der Waals surface area contributed by atoms with Crippen molar-refractivity contribution in [2.24, 2.45) is 0 Å². The summed E-state index contributed by atoms with van der Waals surface area (Å²) in [6, 6.07) is 4.30. The van der Waals surface area contributed by atoms with Crippen molar-refractivity contribution in [3.8, 4) is 0 Å². The highest BCUT2D eigenvalue weighted by molar-refractivity contribution is 7.99. The Labute approximate surface area is 120 Å². The number of carboxylic acid groups (broad SMARTS) is 1. The third-order valence-electron chi connectivity index (χ3n) is 3.14. The molecule has 0 saturated carbocycles. The maximum absolute atomic E-state index is 12.8. The standard InChI is InChI=1S/C13H15FN2O3S/c1-8(9-2-4-10(14)5-3-9)15-13(19)16-7-20-6-11(16)12(17)18/h2-5,8,11H,6-7H2,1H3,(H,15,19)(H,17,18)/t8?,11-/m0/s1. The van der Waals surface area contributed by atoms with Gasteiger partial charge in [-0.25, -0.2) is 14.0 Å². The number of carbonyl (C=O) groups is 2. The van der Waals surface area contributed by atoms with Crippen LogP contribution in [0.3, 0.4) is 0 Å². The SMILES string of the molecule is CC(NC(=O)N1CSC[C@H]1C(=O)O)c1ccc(F)cc1. The number of amides is 2. The topological polar surface area (TPSA) is 69.6 Å². The Morgan fingerprint density at radius 3 is 2.70 bits per heavy atom. The second-order valence-electron chi connectivity index (χ2n) is 4.55. The predicted octanol–water partition coefficient (Wildman–Crippen LogP) is 2.06. The molecule has 2 N–H and O–H groups in total. The Hall–Kier alpha value is -1.76. The first kappa shape index (κ1) is 14.6. The van der Waals surface area contributed by atoms with E-state index >= 15 is 0 Å². The summed E-state index contributed by atoms with van der Waals surface area (Å²) in [5, 5.41) is 11.8. The fraction of sp³-hybridized carbons (Fsp3) is 0.385. The van der Waals surface area contributed by atoms with Gasteiger partial charge in [0, 0.05) is 5.75 Å². The molecule has 2 rings (SSSR count). The molecule has 2 amide bonds. The molecular formula is C13H15FN2O3S. The van der Waals surface area contributed by atoms with E-state index in [-0.39, 0.29) is 11.9 Å². The molecule has 108 valence electrons. The third kappa shape index (κ3) is 3.22.